The minimum atomic E-state index is -0.488. The van der Waals surface area contributed by atoms with Crippen LogP contribution in [0.5, 0.6) is 0 Å². The third-order valence-electron chi connectivity index (χ3n) is 2.57. The maximum atomic E-state index is 12.3. The molecule has 0 aliphatic heterocycles. The number of amides is 1. The summed E-state index contributed by atoms with van der Waals surface area (Å²) in [5.41, 5.74) is 0.116. The minimum Gasteiger partial charge on any atom is -0.341 e. The van der Waals surface area contributed by atoms with E-state index in [1.54, 1.807) is 12.3 Å². The number of rotatable bonds is 3. The van der Waals surface area contributed by atoms with Crippen molar-refractivity contribution in [3.05, 3.63) is 49.3 Å². The first-order valence-electron chi connectivity index (χ1n) is 5.58. The predicted molar refractivity (Wildman–Crippen MR) is 84.4 cm³/mol. The van der Waals surface area contributed by atoms with Crippen LogP contribution in [0.15, 0.2) is 38.7 Å². The molecule has 0 saturated carbocycles. The van der Waals surface area contributed by atoms with Gasteiger partial charge in [-0.25, -0.2) is 4.98 Å². The van der Waals surface area contributed by atoms with E-state index in [0.29, 0.717) is 5.56 Å². The lowest BCUT2D eigenvalue weighted by Gasteiger charge is -2.24. The molecule has 0 aliphatic rings. The number of nitrogens with zero attached hydrogens (tertiary/aromatic N) is 1. The molecule has 1 N–H and O–H groups in total. The van der Waals surface area contributed by atoms with Gasteiger partial charge in [-0.05, 0) is 48.0 Å². The molecule has 0 radical (unpaired) electrons. The van der Waals surface area contributed by atoms with Gasteiger partial charge in [0.25, 0.3) is 5.91 Å². The highest BCUT2D eigenvalue weighted by atomic mass is 79.9. The van der Waals surface area contributed by atoms with E-state index in [1.807, 2.05) is 31.4 Å². The smallest absolute Gasteiger partial charge is 0.253 e. The highest BCUT2D eigenvalue weighted by molar-refractivity contribution is 9.11. The second-order valence-corrected chi connectivity index (χ2v) is 7.21. The van der Waals surface area contributed by atoms with Crippen molar-refractivity contribution in [3.63, 3.8) is 0 Å². The Morgan fingerprint density at radius 3 is 2.68 bits per heavy atom. The zero-order valence-corrected chi connectivity index (χ0v) is 14.4. The third kappa shape index (κ3) is 3.43. The van der Waals surface area contributed by atoms with Crippen LogP contribution in [0, 0.1) is 0 Å². The van der Waals surface area contributed by atoms with Gasteiger partial charge in [0.2, 0.25) is 0 Å². The van der Waals surface area contributed by atoms with E-state index in [4.69, 9.17) is 0 Å². The zero-order valence-electron chi connectivity index (χ0n) is 10.4. The average Bonchev–Trinajstić information content (AvgIpc) is 2.81. The van der Waals surface area contributed by atoms with E-state index in [0.717, 1.165) is 14.0 Å². The third-order valence-corrected chi connectivity index (χ3v) is 4.81. The van der Waals surface area contributed by atoms with Crippen molar-refractivity contribution in [1.82, 2.24) is 10.3 Å². The quantitative estimate of drug-likeness (QED) is 0.828. The fourth-order valence-corrected chi connectivity index (χ4v) is 3.56. The van der Waals surface area contributed by atoms with E-state index in [1.165, 1.54) is 11.3 Å². The summed E-state index contributed by atoms with van der Waals surface area (Å²) < 4.78 is 1.68. The number of benzene rings is 1. The summed E-state index contributed by atoms with van der Waals surface area (Å²) in [6.07, 6.45) is 1.74. The molecule has 100 valence electrons. The van der Waals surface area contributed by atoms with Crippen molar-refractivity contribution in [2.24, 2.45) is 0 Å². The number of aromatic nitrogens is 1. The van der Waals surface area contributed by atoms with Crippen LogP contribution in [0.2, 0.25) is 0 Å². The maximum absolute atomic E-state index is 12.3. The Morgan fingerprint density at radius 1 is 1.37 bits per heavy atom. The summed E-state index contributed by atoms with van der Waals surface area (Å²) in [6, 6.07) is 5.48. The predicted octanol–water partition coefficient (Wildman–Crippen LogP) is 4.33. The van der Waals surface area contributed by atoms with Gasteiger partial charge in [-0.2, -0.15) is 0 Å². The molecule has 1 aromatic heterocycles. The number of hydrogen-bond donors (Lipinski definition) is 1. The van der Waals surface area contributed by atoms with Gasteiger partial charge in [-0.1, -0.05) is 15.9 Å². The molecule has 6 heteroatoms. The molecule has 0 aliphatic carbocycles. The van der Waals surface area contributed by atoms with E-state index >= 15 is 0 Å². The van der Waals surface area contributed by atoms with Crippen LogP contribution in [0.4, 0.5) is 0 Å². The fraction of sp³-hybridized carbons (Fsp3) is 0.231. The van der Waals surface area contributed by atoms with Crippen LogP contribution < -0.4 is 5.32 Å². The summed E-state index contributed by atoms with van der Waals surface area (Å²) in [4.78, 5) is 16.6. The topological polar surface area (TPSA) is 42.0 Å². The van der Waals surface area contributed by atoms with Crippen LogP contribution in [0.1, 0.15) is 29.2 Å². The number of hydrogen-bond acceptors (Lipinski definition) is 3. The molecule has 0 saturated heterocycles. The molecular formula is C13H12Br2N2OS. The largest absolute Gasteiger partial charge is 0.341 e. The van der Waals surface area contributed by atoms with E-state index in [9.17, 15) is 4.79 Å². The number of nitrogens with one attached hydrogen (secondary N) is 1. The molecule has 2 rings (SSSR count). The van der Waals surface area contributed by atoms with Crippen molar-refractivity contribution < 1.29 is 4.79 Å². The van der Waals surface area contributed by atoms with Crippen molar-refractivity contribution in [3.8, 4) is 0 Å². The Labute approximate surface area is 132 Å². The molecule has 2 aromatic rings. The molecule has 1 heterocycles. The van der Waals surface area contributed by atoms with Crippen molar-refractivity contribution >= 4 is 49.1 Å². The Morgan fingerprint density at radius 2 is 2.11 bits per heavy atom. The second-order valence-electron chi connectivity index (χ2n) is 4.54. The molecule has 1 amide bonds. The maximum Gasteiger partial charge on any atom is 0.253 e. The number of carbonyl (C=O) groups is 1. The van der Waals surface area contributed by atoms with Crippen molar-refractivity contribution in [2.45, 2.75) is 19.4 Å². The normalized spacial score (nSPS) is 11.4. The Balaban J connectivity index is 2.21. The second kappa shape index (κ2) is 5.73. The first kappa shape index (κ1) is 14.7. The standard InChI is InChI=1S/C13H12Br2N2OS/c1-13(2,12-16-5-6-19-12)17-11(18)9-4-3-8(14)7-10(9)15/h3-7H,1-2H3,(H,17,18). The number of halogens is 2. The Hall–Kier alpha value is -0.720. The summed E-state index contributed by atoms with van der Waals surface area (Å²) in [6.45, 7) is 3.88. The van der Waals surface area contributed by atoms with Gasteiger partial charge in [-0.15, -0.1) is 11.3 Å². The molecule has 1 aromatic carbocycles. The van der Waals surface area contributed by atoms with E-state index in [2.05, 4.69) is 42.2 Å². The lowest BCUT2D eigenvalue weighted by molar-refractivity contribution is 0.0911. The van der Waals surface area contributed by atoms with Crippen molar-refractivity contribution in [1.29, 1.82) is 0 Å². The van der Waals surface area contributed by atoms with Crippen LogP contribution in [0.3, 0.4) is 0 Å². The van der Waals surface area contributed by atoms with Gasteiger partial charge >= 0.3 is 0 Å². The molecular weight excluding hydrogens is 392 g/mol. The van der Waals surface area contributed by atoms with Crippen molar-refractivity contribution in [2.75, 3.05) is 0 Å². The van der Waals surface area contributed by atoms with Crippen LogP contribution >= 0.6 is 43.2 Å². The van der Waals surface area contributed by atoms with Gasteiger partial charge < -0.3 is 5.32 Å². The monoisotopic (exact) mass is 402 g/mol. The minimum absolute atomic E-state index is 0.125. The lowest BCUT2D eigenvalue weighted by Crippen LogP contribution is -2.41. The van der Waals surface area contributed by atoms with Gasteiger partial charge in [-0.3, -0.25) is 4.79 Å². The number of carbonyl (C=O) groups excluding carboxylic acids is 1. The first-order chi connectivity index (χ1) is 8.90. The molecule has 0 bridgehead atoms. The SMILES string of the molecule is CC(C)(NC(=O)c1ccc(Br)cc1Br)c1nccs1. The van der Waals surface area contributed by atoms with E-state index in [-0.39, 0.29) is 5.91 Å². The molecule has 0 unspecified atom stereocenters. The molecule has 19 heavy (non-hydrogen) atoms. The highest BCUT2D eigenvalue weighted by Gasteiger charge is 2.26. The molecule has 0 fully saturated rings. The summed E-state index contributed by atoms with van der Waals surface area (Å²) in [5, 5.41) is 5.78. The fourth-order valence-electron chi connectivity index (χ4n) is 1.61. The summed E-state index contributed by atoms with van der Waals surface area (Å²) >= 11 is 8.30. The Kier molecular flexibility index (Phi) is 4.43. The lowest BCUT2D eigenvalue weighted by atomic mass is 10.1. The Bertz CT molecular complexity index is 597. The average molecular weight is 404 g/mol. The van der Waals surface area contributed by atoms with Gasteiger partial charge in [0, 0.05) is 20.5 Å². The van der Waals surface area contributed by atoms with Gasteiger partial charge in [0.05, 0.1) is 11.1 Å². The molecule has 0 spiro atoms. The zero-order chi connectivity index (χ0) is 14.0. The van der Waals surface area contributed by atoms with Crippen LogP contribution in [-0.4, -0.2) is 10.9 Å². The van der Waals surface area contributed by atoms with Crippen LogP contribution in [0.25, 0.3) is 0 Å². The first-order valence-corrected chi connectivity index (χ1v) is 8.04. The summed E-state index contributed by atoms with van der Waals surface area (Å²) in [7, 11) is 0. The highest BCUT2D eigenvalue weighted by Crippen LogP contribution is 2.25. The molecule has 3 nitrogen and oxygen atoms in total. The van der Waals surface area contributed by atoms with Gasteiger partial charge in [0.1, 0.15) is 5.01 Å². The molecule has 0 atom stereocenters. The van der Waals surface area contributed by atoms with Crippen LogP contribution in [-0.2, 0) is 5.54 Å². The van der Waals surface area contributed by atoms with E-state index < -0.39 is 5.54 Å². The number of thiazole rings is 1. The van der Waals surface area contributed by atoms with Gasteiger partial charge in [0.15, 0.2) is 0 Å². The summed E-state index contributed by atoms with van der Waals surface area (Å²) in [5.74, 6) is -0.125.